The third kappa shape index (κ3) is 4.85. The van der Waals surface area contributed by atoms with Gasteiger partial charge >= 0.3 is 0 Å². The minimum atomic E-state index is -0.782. The number of nitrogens with one attached hydrogen (secondary N) is 1. The minimum absolute atomic E-state index is 0.260. The Morgan fingerprint density at radius 2 is 2.06 bits per heavy atom. The molecule has 1 saturated carbocycles. The molecular formula is C24H19Cl2N5OS. The second-order valence-electron chi connectivity index (χ2n) is 7.97. The van der Waals surface area contributed by atoms with E-state index in [-0.39, 0.29) is 17.9 Å². The van der Waals surface area contributed by atoms with E-state index in [9.17, 15) is 10.1 Å². The van der Waals surface area contributed by atoms with E-state index < -0.39 is 5.54 Å². The summed E-state index contributed by atoms with van der Waals surface area (Å²) in [6.07, 6.45) is 2.20. The fourth-order valence-corrected chi connectivity index (χ4v) is 5.21. The predicted molar refractivity (Wildman–Crippen MR) is 130 cm³/mol. The topological polar surface area (TPSA) is 92.3 Å². The van der Waals surface area contributed by atoms with E-state index in [1.54, 1.807) is 23.2 Å². The Hall–Kier alpha value is -3.02. The largest absolute Gasteiger partial charge is 0.333 e. The van der Waals surface area contributed by atoms with Crippen molar-refractivity contribution in [3.05, 3.63) is 50.1 Å². The van der Waals surface area contributed by atoms with Crippen LogP contribution in [0.2, 0.25) is 10.0 Å². The van der Waals surface area contributed by atoms with Crippen LogP contribution in [0.3, 0.4) is 0 Å². The van der Waals surface area contributed by atoms with Crippen LogP contribution in [0.25, 0.3) is 0 Å². The number of benzene rings is 1. The molecule has 1 N–H and O–H groups in total. The molecule has 2 aromatic rings. The molecule has 2 atom stereocenters. The van der Waals surface area contributed by atoms with Crippen molar-refractivity contribution in [2.75, 3.05) is 5.01 Å². The van der Waals surface area contributed by atoms with Crippen LogP contribution in [0.5, 0.6) is 0 Å². The number of halogens is 2. The molecule has 166 valence electrons. The van der Waals surface area contributed by atoms with Crippen LogP contribution in [0.1, 0.15) is 48.4 Å². The van der Waals surface area contributed by atoms with E-state index >= 15 is 0 Å². The molecule has 0 spiro atoms. The third-order valence-electron chi connectivity index (χ3n) is 5.58. The number of nitriles is 2. The maximum absolute atomic E-state index is 13.1. The highest BCUT2D eigenvalue weighted by Crippen LogP contribution is 2.44. The SMILES string of the molecule is CC1C(C(=O)NC2(C#N)CC2)=NN(c2ccc(Cl)cc2Cl)C1c1ccc(C#CCCC#N)s1. The Kier molecular flexibility index (Phi) is 6.63. The number of anilines is 1. The Labute approximate surface area is 206 Å². The molecule has 0 saturated heterocycles. The van der Waals surface area contributed by atoms with Crippen LogP contribution in [-0.4, -0.2) is 17.2 Å². The van der Waals surface area contributed by atoms with Crippen LogP contribution < -0.4 is 10.3 Å². The Morgan fingerprint density at radius 1 is 1.27 bits per heavy atom. The van der Waals surface area contributed by atoms with Crippen molar-refractivity contribution in [2.45, 2.75) is 44.2 Å². The van der Waals surface area contributed by atoms with Gasteiger partial charge in [-0.15, -0.1) is 11.3 Å². The normalized spacial score (nSPS) is 20.2. The Balaban J connectivity index is 1.68. The molecule has 9 heteroatoms. The molecule has 1 aromatic carbocycles. The zero-order chi connectivity index (χ0) is 23.6. The minimum Gasteiger partial charge on any atom is -0.333 e. The van der Waals surface area contributed by atoms with Crippen LogP contribution in [0.15, 0.2) is 35.4 Å². The molecule has 0 bridgehead atoms. The van der Waals surface area contributed by atoms with Gasteiger partial charge in [0.25, 0.3) is 5.91 Å². The number of thiophene rings is 1. The molecule has 2 unspecified atom stereocenters. The lowest BCUT2D eigenvalue weighted by molar-refractivity contribution is -0.115. The second-order valence-corrected chi connectivity index (χ2v) is 9.93. The third-order valence-corrected chi connectivity index (χ3v) is 7.19. The fourth-order valence-electron chi connectivity index (χ4n) is 3.64. The average molecular weight is 496 g/mol. The van der Waals surface area contributed by atoms with Gasteiger partial charge in [0.15, 0.2) is 0 Å². The molecule has 1 aliphatic carbocycles. The lowest BCUT2D eigenvalue weighted by atomic mass is 9.95. The number of nitrogens with zero attached hydrogens (tertiary/aromatic N) is 4. The van der Waals surface area contributed by atoms with Gasteiger partial charge < -0.3 is 5.32 Å². The predicted octanol–water partition coefficient (Wildman–Crippen LogP) is 5.44. The molecular weight excluding hydrogens is 477 g/mol. The van der Waals surface area contributed by atoms with Crippen LogP contribution in [0.4, 0.5) is 5.69 Å². The zero-order valence-corrected chi connectivity index (χ0v) is 20.1. The second kappa shape index (κ2) is 9.46. The van der Waals surface area contributed by atoms with Gasteiger partial charge in [0.1, 0.15) is 11.3 Å². The maximum atomic E-state index is 13.1. The van der Waals surface area contributed by atoms with Crippen molar-refractivity contribution in [1.29, 1.82) is 10.5 Å². The standard InChI is InChI=1S/C24H19Cl2N5OS/c1-15-21(23(32)29-24(14-28)10-11-24)30-31(19-8-6-16(25)13-18(19)26)22(15)20-9-7-17(33-20)5-3-2-4-12-27/h6-9,13,15,22H,2,4,10-11H2,1H3,(H,29,32). The first-order valence-corrected chi connectivity index (χ1v) is 12.0. The van der Waals surface area contributed by atoms with E-state index in [0.29, 0.717) is 47.1 Å². The fraction of sp³-hybridized carbons (Fsp3) is 0.333. The van der Waals surface area contributed by atoms with E-state index in [1.165, 1.54) is 11.3 Å². The Bertz CT molecular complexity index is 1270. The van der Waals surface area contributed by atoms with E-state index in [4.69, 9.17) is 28.5 Å². The first-order chi connectivity index (χ1) is 15.9. The molecule has 1 amide bonds. The summed E-state index contributed by atoms with van der Waals surface area (Å²) in [5, 5.41) is 28.2. The van der Waals surface area contributed by atoms with Gasteiger partial charge in [-0.25, -0.2) is 0 Å². The number of hydrazone groups is 1. The first-order valence-electron chi connectivity index (χ1n) is 10.4. The van der Waals surface area contributed by atoms with Crippen molar-refractivity contribution >= 4 is 51.8 Å². The summed E-state index contributed by atoms with van der Waals surface area (Å²) >= 11 is 14.1. The summed E-state index contributed by atoms with van der Waals surface area (Å²) in [5.41, 5.74) is 0.203. The first kappa shape index (κ1) is 23.1. The summed E-state index contributed by atoms with van der Waals surface area (Å²) in [6, 6.07) is 13.1. The average Bonchev–Trinajstić information content (AvgIpc) is 3.26. The molecule has 2 heterocycles. The highest BCUT2D eigenvalue weighted by Gasteiger charge is 2.48. The number of amides is 1. The van der Waals surface area contributed by atoms with Gasteiger partial charge in [-0.05, 0) is 43.2 Å². The molecule has 4 rings (SSSR count). The Morgan fingerprint density at radius 3 is 2.73 bits per heavy atom. The van der Waals surface area contributed by atoms with Crippen molar-refractivity contribution in [3.63, 3.8) is 0 Å². The van der Waals surface area contributed by atoms with Gasteiger partial charge in [0.05, 0.1) is 33.8 Å². The van der Waals surface area contributed by atoms with Crippen LogP contribution in [-0.2, 0) is 4.79 Å². The van der Waals surface area contributed by atoms with E-state index in [1.807, 2.05) is 19.1 Å². The number of carbonyl (C=O) groups excluding carboxylic acids is 1. The molecule has 2 aliphatic rings. The van der Waals surface area contributed by atoms with Gasteiger partial charge in [-0.1, -0.05) is 42.0 Å². The number of unbranched alkanes of at least 4 members (excludes halogenated alkanes) is 1. The van der Waals surface area contributed by atoms with Gasteiger partial charge in [0.2, 0.25) is 0 Å². The van der Waals surface area contributed by atoms with Gasteiger partial charge in [0, 0.05) is 28.7 Å². The molecule has 1 fully saturated rings. The number of carbonyl (C=O) groups is 1. The summed E-state index contributed by atoms with van der Waals surface area (Å²) in [5.74, 6) is 5.50. The zero-order valence-electron chi connectivity index (χ0n) is 17.7. The molecule has 1 aromatic heterocycles. The monoisotopic (exact) mass is 495 g/mol. The summed E-state index contributed by atoms with van der Waals surface area (Å²) in [4.78, 5) is 14.9. The molecule has 1 aliphatic heterocycles. The molecule has 33 heavy (non-hydrogen) atoms. The van der Waals surface area contributed by atoms with E-state index in [0.717, 1.165) is 9.75 Å². The van der Waals surface area contributed by atoms with Crippen molar-refractivity contribution in [3.8, 4) is 24.0 Å². The van der Waals surface area contributed by atoms with Gasteiger partial charge in [-0.2, -0.15) is 15.6 Å². The smallest absolute Gasteiger partial charge is 0.269 e. The summed E-state index contributed by atoms with van der Waals surface area (Å²) in [6.45, 7) is 1.94. The number of hydrogen-bond acceptors (Lipinski definition) is 6. The summed E-state index contributed by atoms with van der Waals surface area (Å²) in [7, 11) is 0. The van der Waals surface area contributed by atoms with Crippen molar-refractivity contribution < 1.29 is 4.79 Å². The van der Waals surface area contributed by atoms with Crippen LogP contribution >= 0.6 is 34.5 Å². The molecule has 6 nitrogen and oxygen atoms in total. The van der Waals surface area contributed by atoms with Gasteiger partial charge in [-0.3, -0.25) is 9.80 Å². The molecule has 0 radical (unpaired) electrons. The number of hydrogen-bond donors (Lipinski definition) is 1. The maximum Gasteiger partial charge on any atom is 0.269 e. The van der Waals surface area contributed by atoms with Crippen molar-refractivity contribution in [2.24, 2.45) is 11.0 Å². The summed E-state index contributed by atoms with van der Waals surface area (Å²) < 4.78 is 0. The van der Waals surface area contributed by atoms with E-state index in [2.05, 4.69) is 34.4 Å². The highest BCUT2D eigenvalue weighted by molar-refractivity contribution is 7.12. The lowest BCUT2D eigenvalue weighted by Crippen LogP contribution is -2.41. The lowest BCUT2D eigenvalue weighted by Gasteiger charge is -2.26. The van der Waals surface area contributed by atoms with Crippen LogP contribution in [0, 0.1) is 40.4 Å². The quantitative estimate of drug-likeness (QED) is 0.441. The highest BCUT2D eigenvalue weighted by atomic mass is 35.5. The number of rotatable bonds is 5. The van der Waals surface area contributed by atoms with Crippen molar-refractivity contribution in [1.82, 2.24) is 5.32 Å².